The SMILES string of the molecule is COc1cc(OCc2nc(N3CCOCC3)sc2C)c2cc(-c3cn4nc(C(C)F)oc4n3)oc2c1. The van der Waals surface area contributed by atoms with Crippen molar-refractivity contribution in [2.45, 2.75) is 26.6 Å². The highest BCUT2D eigenvalue weighted by Crippen LogP contribution is 2.37. The third-order valence-electron chi connectivity index (χ3n) is 5.99. The second-order valence-corrected chi connectivity index (χ2v) is 9.63. The fourth-order valence-electron chi connectivity index (χ4n) is 4.02. The highest BCUT2D eigenvalue weighted by atomic mass is 32.1. The van der Waals surface area contributed by atoms with E-state index in [1.807, 2.05) is 12.1 Å². The van der Waals surface area contributed by atoms with Crippen molar-refractivity contribution >= 4 is 33.3 Å². The number of alkyl halides is 1. The Morgan fingerprint density at radius 1 is 1.17 bits per heavy atom. The van der Waals surface area contributed by atoms with E-state index in [1.165, 1.54) is 11.4 Å². The summed E-state index contributed by atoms with van der Waals surface area (Å²) >= 11 is 1.66. The van der Waals surface area contributed by atoms with Gasteiger partial charge in [0.05, 0.1) is 37.6 Å². The molecular weight excluding hydrogens is 489 g/mol. The van der Waals surface area contributed by atoms with Crippen LogP contribution in [0.15, 0.2) is 33.2 Å². The largest absolute Gasteiger partial charge is 0.496 e. The molecule has 6 rings (SSSR count). The van der Waals surface area contributed by atoms with E-state index in [1.54, 1.807) is 30.7 Å². The second kappa shape index (κ2) is 9.10. The summed E-state index contributed by atoms with van der Waals surface area (Å²) in [4.78, 5) is 12.5. The van der Waals surface area contributed by atoms with Gasteiger partial charge >= 0.3 is 5.84 Å². The van der Waals surface area contributed by atoms with Crippen molar-refractivity contribution in [1.29, 1.82) is 0 Å². The number of nitrogens with zero attached hydrogens (tertiary/aromatic N) is 5. The molecule has 0 N–H and O–H groups in total. The van der Waals surface area contributed by atoms with Gasteiger partial charge in [-0.3, -0.25) is 0 Å². The molecule has 1 atom stereocenters. The van der Waals surface area contributed by atoms with Crippen LogP contribution in [0.1, 0.15) is 29.6 Å². The number of rotatable bonds is 7. The first kappa shape index (κ1) is 22.8. The molecule has 0 bridgehead atoms. The van der Waals surface area contributed by atoms with Crippen LogP contribution >= 0.6 is 11.3 Å². The van der Waals surface area contributed by atoms with Crippen LogP contribution in [0.4, 0.5) is 9.52 Å². The van der Waals surface area contributed by atoms with Crippen LogP contribution in [0.2, 0.25) is 0 Å². The molecule has 12 heteroatoms. The van der Waals surface area contributed by atoms with Crippen molar-refractivity contribution in [1.82, 2.24) is 19.6 Å². The predicted octanol–water partition coefficient (Wildman–Crippen LogP) is 4.96. The van der Waals surface area contributed by atoms with Crippen molar-refractivity contribution in [3.8, 4) is 23.0 Å². The van der Waals surface area contributed by atoms with Crippen LogP contribution in [0.3, 0.4) is 0 Å². The molecule has 1 aliphatic heterocycles. The minimum Gasteiger partial charge on any atom is -0.496 e. The summed E-state index contributed by atoms with van der Waals surface area (Å²) in [6, 6.07) is 5.46. The van der Waals surface area contributed by atoms with Crippen LogP contribution < -0.4 is 14.4 Å². The van der Waals surface area contributed by atoms with Gasteiger partial charge in [-0.2, -0.15) is 9.50 Å². The number of benzene rings is 1. The van der Waals surface area contributed by atoms with E-state index in [9.17, 15) is 4.39 Å². The number of ether oxygens (including phenoxy) is 3. The molecule has 1 aliphatic rings. The van der Waals surface area contributed by atoms with Crippen LogP contribution in [0.5, 0.6) is 11.5 Å². The van der Waals surface area contributed by atoms with Gasteiger partial charge in [0.1, 0.15) is 29.4 Å². The van der Waals surface area contributed by atoms with Gasteiger partial charge < -0.3 is 27.9 Å². The highest BCUT2D eigenvalue weighted by molar-refractivity contribution is 7.15. The molecule has 1 fully saturated rings. The number of anilines is 1. The number of furan rings is 1. The normalized spacial score (nSPS) is 15.2. The van der Waals surface area contributed by atoms with Gasteiger partial charge in [-0.1, -0.05) is 0 Å². The maximum Gasteiger partial charge on any atom is 0.325 e. The average molecular weight is 514 g/mol. The van der Waals surface area contributed by atoms with Gasteiger partial charge in [0.25, 0.3) is 5.89 Å². The minimum absolute atomic E-state index is 0.0248. The van der Waals surface area contributed by atoms with Crippen LogP contribution in [0, 0.1) is 6.92 Å². The molecule has 5 heterocycles. The third kappa shape index (κ3) is 4.16. The number of aromatic nitrogens is 4. The smallest absolute Gasteiger partial charge is 0.325 e. The number of methoxy groups -OCH3 is 1. The lowest BCUT2D eigenvalue weighted by Gasteiger charge is -2.26. The first-order valence-electron chi connectivity index (χ1n) is 11.5. The van der Waals surface area contributed by atoms with Gasteiger partial charge in [-0.05, 0) is 19.9 Å². The molecule has 5 aromatic rings. The van der Waals surface area contributed by atoms with Crippen molar-refractivity contribution in [3.05, 3.63) is 40.9 Å². The van der Waals surface area contributed by atoms with E-state index < -0.39 is 6.17 Å². The number of thiazole rings is 1. The number of hydrogen-bond acceptors (Lipinski definition) is 10. The summed E-state index contributed by atoms with van der Waals surface area (Å²) in [6.45, 7) is 6.81. The Bertz CT molecular complexity index is 1500. The van der Waals surface area contributed by atoms with Crippen LogP contribution in [0.25, 0.3) is 28.3 Å². The molecule has 0 radical (unpaired) electrons. The molecular formula is C24H24FN5O5S. The fraction of sp³-hybridized carbons (Fsp3) is 0.375. The van der Waals surface area contributed by atoms with Gasteiger partial charge in [-0.25, -0.2) is 9.37 Å². The maximum atomic E-state index is 13.5. The van der Waals surface area contributed by atoms with E-state index in [-0.39, 0.29) is 11.7 Å². The fourth-order valence-corrected chi connectivity index (χ4v) is 4.99. The maximum absolute atomic E-state index is 13.5. The zero-order chi connectivity index (χ0) is 24.8. The Morgan fingerprint density at radius 2 is 2.00 bits per heavy atom. The summed E-state index contributed by atoms with van der Waals surface area (Å²) in [5, 5.41) is 5.83. The van der Waals surface area contributed by atoms with Crippen molar-refractivity contribution < 1.29 is 27.4 Å². The van der Waals surface area contributed by atoms with Crippen molar-refractivity contribution in [2.24, 2.45) is 0 Å². The van der Waals surface area contributed by atoms with E-state index in [0.717, 1.165) is 34.2 Å². The Kier molecular flexibility index (Phi) is 5.76. The average Bonchev–Trinajstić information content (AvgIpc) is 3.64. The molecule has 0 aliphatic carbocycles. The lowest BCUT2D eigenvalue weighted by molar-refractivity contribution is 0.122. The molecule has 36 heavy (non-hydrogen) atoms. The Labute approximate surface area is 209 Å². The lowest BCUT2D eigenvalue weighted by atomic mass is 10.2. The highest BCUT2D eigenvalue weighted by Gasteiger charge is 2.21. The molecule has 1 aromatic carbocycles. The number of halogens is 1. The Morgan fingerprint density at radius 3 is 2.75 bits per heavy atom. The Balaban J connectivity index is 1.28. The number of morpholine rings is 1. The number of hydrogen-bond donors (Lipinski definition) is 0. The summed E-state index contributed by atoms with van der Waals surface area (Å²) in [7, 11) is 1.59. The van der Waals surface area contributed by atoms with Crippen molar-refractivity contribution in [3.63, 3.8) is 0 Å². The third-order valence-corrected chi connectivity index (χ3v) is 7.06. The van der Waals surface area contributed by atoms with Crippen LogP contribution in [-0.4, -0.2) is 53.0 Å². The van der Waals surface area contributed by atoms with E-state index in [4.69, 9.17) is 28.0 Å². The summed E-state index contributed by atoms with van der Waals surface area (Å²) in [5.74, 6) is 1.87. The summed E-state index contributed by atoms with van der Waals surface area (Å²) in [6.07, 6.45) is 0.311. The molecule has 4 aromatic heterocycles. The number of aryl methyl sites for hydroxylation is 1. The van der Waals surface area contributed by atoms with Gasteiger partial charge in [0.2, 0.25) is 0 Å². The van der Waals surface area contributed by atoms with Gasteiger partial charge in [0, 0.05) is 30.1 Å². The quantitative estimate of drug-likeness (QED) is 0.299. The van der Waals surface area contributed by atoms with E-state index in [2.05, 4.69) is 21.9 Å². The summed E-state index contributed by atoms with van der Waals surface area (Å²) < 4.78 is 43.4. The van der Waals surface area contributed by atoms with E-state index in [0.29, 0.717) is 48.4 Å². The molecule has 0 saturated carbocycles. The topological polar surface area (TPSA) is 100 Å². The Hall–Kier alpha value is -3.64. The molecule has 1 saturated heterocycles. The molecule has 10 nitrogen and oxygen atoms in total. The van der Waals surface area contributed by atoms with Crippen LogP contribution in [-0.2, 0) is 11.3 Å². The minimum atomic E-state index is -1.32. The van der Waals surface area contributed by atoms with Crippen molar-refractivity contribution in [2.75, 3.05) is 38.3 Å². The van der Waals surface area contributed by atoms with E-state index >= 15 is 0 Å². The molecule has 0 spiro atoms. The first-order chi connectivity index (χ1) is 17.5. The molecule has 188 valence electrons. The lowest BCUT2D eigenvalue weighted by Crippen LogP contribution is -2.36. The molecule has 0 amide bonds. The summed E-state index contributed by atoms with van der Waals surface area (Å²) in [5.41, 5.74) is 1.98. The zero-order valence-electron chi connectivity index (χ0n) is 20.0. The number of imidazole rings is 1. The number of fused-ring (bicyclic) bond motifs is 2. The zero-order valence-corrected chi connectivity index (χ0v) is 20.8. The molecule has 1 unspecified atom stereocenters. The predicted molar refractivity (Wildman–Crippen MR) is 131 cm³/mol. The van der Waals surface area contributed by atoms with Gasteiger partial charge in [0.15, 0.2) is 17.1 Å². The standard InChI is InChI=1S/C24H24FN5O5S/c1-13(25)22-28-30-11-17(26-23(30)35-22)21-10-16-19(8-15(31-3)9-20(16)34-21)33-12-18-14(2)36-24(27-18)29-4-6-32-7-5-29/h8-11,13H,4-7,12H2,1-3H3. The van der Waals surface area contributed by atoms with Gasteiger partial charge in [-0.15, -0.1) is 16.4 Å². The second-order valence-electron chi connectivity index (χ2n) is 8.44. The first-order valence-corrected chi connectivity index (χ1v) is 12.3. The monoisotopic (exact) mass is 513 g/mol.